The van der Waals surface area contributed by atoms with Gasteiger partial charge in [-0.1, -0.05) is 13.8 Å². The third-order valence-corrected chi connectivity index (χ3v) is 4.15. The topological polar surface area (TPSA) is 69.6 Å². The van der Waals surface area contributed by atoms with E-state index >= 15 is 0 Å². The van der Waals surface area contributed by atoms with E-state index in [4.69, 9.17) is 5.11 Å². The Labute approximate surface area is 124 Å². The smallest absolute Gasteiger partial charge is 0.343 e. The Morgan fingerprint density at radius 3 is 2.50 bits per heavy atom. The minimum Gasteiger partial charge on any atom is -0.477 e. The van der Waals surface area contributed by atoms with Crippen molar-refractivity contribution in [2.45, 2.75) is 40.2 Å². The number of carbonyl (C=O) groups is 2. The molecule has 20 heavy (non-hydrogen) atoms. The maximum Gasteiger partial charge on any atom is 0.343 e. The van der Waals surface area contributed by atoms with Crippen LogP contribution in [-0.4, -0.2) is 46.8 Å². The number of carboxylic acid groups (broad SMARTS) is 1. The standard InChI is InChI=1S/C14H24N2O3S/c1-9(2)7-16(10(3)4)8-12(17)15-11-5-6-20-13(11)14(18)19/h9-10H,5-8H2,1-4H3,(H,15,17)(H,18,19). The van der Waals surface area contributed by atoms with Gasteiger partial charge in [0.15, 0.2) is 0 Å². The van der Waals surface area contributed by atoms with E-state index in [0.29, 0.717) is 24.6 Å². The molecule has 1 heterocycles. The van der Waals surface area contributed by atoms with E-state index in [1.54, 1.807) is 0 Å². The maximum absolute atomic E-state index is 12.1. The predicted octanol–water partition coefficient (Wildman–Crippen LogP) is 1.90. The van der Waals surface area contributed by atoms with Crippen LogP contribution in [0.5, 0.6) is 0 Å². The molecule has 0 spiro atoms. The summed E-state index contributed by atoms with van der Waals surface area (Å²) in [6.45, 7) is 9.51. The molecule has 1 aliphatic heterocycles. The van der Waals surface area contributed by atoms with Gasteiger partial charge in [-0.15, -0.1) is 11.8 Å². The fourth-order valence-corrected chi connectivity index (χ4v) is 3.05. The summed E-state index contributed by atoms with van der Waals surface area (Å²) in [5.74, 6) is 0.124. The van der Waals surface area contributed by atoms with E-state index in [-0.39, 0.29) is 16.9 Å². The van der Waals surface area contributed by atoms with Crippen molar-refractivity contribution in [2.24, 2.45) is 5.92 Å². The largest absolute Gasteiger partial charge is 0.477 e. The molecule has 5 nitrogen and oxygen atoms in total. The normalized spacial score (nSPS) is 15.6. The number of thioether (sulfide) groups is 1. The monoisotopic (exact) mass is 300 g/mol. The van der Waals surface area contributed by atoms with Crippen LogP contribution >= 0.6 is 11.8 Å². The Morgan fingerprint density at radius 1 is 1.35 bits per heavy atom. The maximum atomic E-state index is 12.1. The van der Waals surface area contributed by atoms with E-state index in [0.717, 1.165) is 12.3 Å². The van der Waals surface area contributed by atoms with Crippen LogP contribution in [-0.2, 0) is 9.59 Å². The van der Waals surface area contributed by atoms with Gasteiger partial charge in [-0.05, 0) is 26.2 Å². The van der Waals surface area contributed by atoms with Crippen LogP contribution in [0.15, 0.2) is 10.6 Å². The minimum absolute atomic E-state index is 0.129. The van der Waals surface area contributed by atoms with Crippen molar-refractivity contribution >= 4 is 23.6 Å². The van der Waals surface area contributed by atoms with E-state index < -0.39 is 5.97 Å². The van der Waals surface area contributed by atoms with Crippen LogP contribution in [0.2, 0.25) is 0 Å². The fourth-order valence-electron chi connectivity index (χ4n) is 2.09. The highest BCUT2D eigenvalue weighted by Crippen LogP contribution is 2.29. The Kier molecular flexibility index (Phi) is 6.55. The molecule has 1 amide bonds. The molecule has 0 aromatic heterocycles. The van der Waals surface area contributed by atoms with Crippen molar-refractivity contribution in [1.29, 1.82) is 0 Å². The lowest BCUT2D eigenvalue weighted by molar-refractivity contribution is -0.131. The summed E-state index contributed by atoms with van der Waals surface area (Å²) in [5, 5.41) is 11.8. The molecule has 1 rings (SSSR count). The van der Waals surface area contributed by atoms with Crippen LogP contribution in [0.4, 0.5) is 0 Å². The molecule has 0 fully saturated rings. The van der Waals surface area contributed by atoms with E-state index in [2.05, 4.69) is 37.9 Å². The van der Waals surface area contributed by atoms with Gasteiger partial charge in [0.25, 0.3) is 0 Å². The average Bonchev–Trinajstić information content (AvgIpc) is 2.75. The first-order valence-corrected chi connectivity index (χ1v) is 7.93. The summed E-state index contributed by atoms with van der Waals surface area (Å²) in [6.07, 6.45) is 0.615. The van der Waals surface area contributed by atoms with Crippen molar-refractivity contribution in [3.05, 3.63) is 10.6 Å². The number of carbonyl (C=O) groups excluding carboxylic acids is 1. The second kappa shape index (κ2) is 7.69. The first-order chi connectivity index (χ1) is 9.31. The van der Waals surface area contributed by atoms with Crippen molar-refractivity contribution in [3.8, 4) is 0 Å². The van der Waals surface area contributed by atoms with Gasteiger partial charge in [0.2, 0.25) is 5.91 Å². The number of nitrogens with zero attached hydrogens (tertiary/aromatic N) is 1. The molecule has 0 atom stereocenters. The number of allylic oxidation sites excluding steroid dienone is 1. The Hall–Kier alpha value is -1.01. The van der Waals surface area contributed by atoms with Crippen LogP contribution in [0.1, 0.15) is 34.1 Å². The molecule has 114 valence electrons. The lowest BCUT2D eigenvalue weighted by atomic mass is 10.2. The van der Waals surface area contributed by atoms with Gasteiger partial charge in [0, 0.05) is 24.0 Å². The number of amides is 1. The first-order valence-electron chi connectivity index (χ1n) is 6.94. The zero-order valence-corrected chi connectivity index (χ0v) is 13.4. The number of hydrogen-bond acceptors (Lipinski definition) is 4. The highest BCUT2D eigenvalue weighted by atomic mass is 32.2. The van der Waals surface area contributed by atoms with E-state index in [1.807, 2.05) is 0 Å². The Bertz CT molecular complexity index is 405. The van der Waals surface area contributed by atoms with Crippen LogP contribution in [0, 0.1) is 5.92 Å². The highest BCUT2D eigenvalue weighted by Gasteiger charge is 2.23. The third-order valence-electron chi connectivity index (χ3n) is 3.03. The van der Waals surface area contributed by atoms with Crippen LogP contribution in [0.25, 0.3) is 0 Å². The van der Waals surface area contributed by atoms with Gasteiger partial charge >= 0.3 is 5.97 Å². The molecule has 0 unspecified atom stereocenters. The predicted molar refractivity (Wildman–Crippen MR) is 81.4 cm³/mol. The molecular weight excluding hydrogens is 276 g/mol. The molecule has 0 saturated carbocycles. The third kappa shape index (κ3) is 5.17. The molecule has 0 bridgehead atoms. The lowest BCUT2D eigenvalue weighted by Crippen LogP contribution is -2.42. The molecule has 2 N–H and O–H groups in total. The second-order valence-corrected chi connectivity index (χ2v) is 6.78. The second-order valence-electron chi connectivity index (χ2n) is 5.68. The van der Waals surface area contributed by atoms with Gasteiger partial charge < -0.3 is 10.4 Å². The Morgan fingerprint density at radius 2 is 2.00 bits per heavy atom. The van der Waals surface area contributed by atoms with Crippen LogP contribution in [0.3, 0.4) is 0 Å². The number of hydrogen-bond donors (Lipinski definition) is 2. The lowest BCUT2D eigenvalue weighted by Gasteiger charge is -2.27. The van der Waals surface area contributed by atoms with Gasteiger partial charge in [-0.2, -0.15) is 0 Å². The van der Waals surface area contributed by atoms with Gasteiger partial charge in [-0.3, -0.25) is 9.69 Å². The molecule has 0 saturated heterocycles. The quantitative estimate of drug-likeness (QED) is 0.751. The van der Waals surface area contributed by atoms with Gasteiger partial charge in [0.1, 0.15) is 4.91 Å². The highest BCUT2D eigenvalue weighted by molar-refractivity contribution is 8.04. The molecule has 0 radical (unpaired) electrons. The SMILES string of the molecule is CC(C)CN(CC(=O)NC1=C(C(=O)O)SCC1)C(C)C. The molecule has 0 aromatic rings. The minimum atomic E-state index is -0.953. The van der Waals surface area contributed by atoms with Crippen molar-refractivity contribution in [3.63, 3.8) is 0 Å². The fraction of sp³-hybridized carbons (Fsp3) is 0.714. The summed E-state index contributed by atoms with van der Waals surface area (Å²) in [4.78, 5) is 25.5. The average molecular weight is 300 g/mol. The summed E-state index contributed by atoms with van der Waals surface area (Å²) < 4.78 is 0. The summed E-state index contributed by atoms with van der Waals surface area (Å²) in [6, 6.07) is 0.286. The summed E-state index contributed by atoms with van der Waals surface area (Å²) >= 11 is 1.29. The van der Waals surface area contributed by atoms with Gasteiger partial charge in [0.05, 0.1) is 6.54 Å². The number of aliphatic carboxylic acids is 1. The van der Waals surface area contributed by atoms with Crippen molar-refractivity contribution in [1.82, 2.24) is 10.2 Å². The number of rotatable bonds is 7. The van der Waals surface area contributed by atoms with E-state index in [9.17, 15) is 9.59 Å². The van der Waals surface area contributed by atoms with Crippen molar-refractivity contribution in [2.75, 3.05) is 18.8 Å². The molecule has 0 aliphatic carbocycles. The first kappa shape index (κ1) is 17.0. The number of nitrogens with one attached hydrogen (secondary N) is 1. The molecule has 6 heteroatoms. The zero-order chi connectivity index (χ0) is 15.3. The molecular formula is C14H24N2O3S. The summed E-state index contributed by atoms with van der Waals surface area (Å²) in [5.41, 5.74) is 0.556. The van der Waals surface area contributed by atoms with E-state index in [1.165, 1.54) is 11.8 Å². The molecule has 0 aromatic carbocycles. The van der Waals surface area contributed by atoms with Crippen molar-refractivity contribution < 1.29 is 14.7 Å². The number of carboxylic acids is 1. The Balaban J connectivity index is 2.62. The zero-order valence-electron chi connectivity index (χ0n) is 12.6. The van der Waals surface area contributed by atoms with Crippen LogP contribution < -0.4 is 5.32 Å². The van der Waals surface area contributed by atoms with Gasteiger partial charge in [-0.25, -0.2) is 4.79 Å². The summed E-state index contributed by atoms with van der Waals surface area (Å²) in [7, 11) is 0. The molecule has 1 aliphatic rings.